The number of halogens is 1. The highest BCUT2D eigenvalue weighted by molar-refractivity contribution is 6.28. The lowest BCUT2D eigenvalue weighted by molar-refractivity contribution is 0.564. The summed E-state index contributed by atoms with van der Waals surface area (Å²) in [5, 5.41) is 7.03. The van der Waals surface area contributed by atoms with Crippen LogP contribution in [0, 0.1) is 0 Å². The zero-order valence-corrected chi connectivity index (χ0v) is 10.3. The van der Waals surface area contributed by atoms with Gasteiger partial charge in [-0.15, -0.1) is 0 Å². The molecule has 3 aromatic heterocycles. The molecule has 0 saturated carbocycles. The van der Waals surface area contributed by atoms with Gasteiger partial charge in [0.25, 0.3) is 5.95 Å². The second-order valence-electron chi connectivity index (χ2n) is 3.55. The summed E-state index contributed by atoms with van der Waals surface area (Å²) in [6.07, 6.45) is 6.09. The minimum Gasteiger partial charge on any atom is -0.472 e. The first-order valence-corrected chi connectivity index (χ1v) is 5.70. The Bertz CT molecular complexity index is 653. The van der Waals surface area contributed by atoms with Crippen molar-refractivity contribution >= 4 is 17.5 Å². The average molecular weight is 278 g/mol. The summed E-state index contributed by atoms with van der Waals surface area (Å²) in [6.45, 7) is 0.521. The van der Waals surface area contributed by atoms with Crippen molar-refractivity contribution < 1.29 is 4.42 Å². The third kappa shape index (κ3) is 2.68. The van der Waals surface area contributed by atoms with Gasteiger partial charge in [-0.3, -0.25) is 0 Å². The Balaban J connectivity index is 1.82. The van der Waals surface area contributed by atoms with Gasteiger partial charge in [0.15, 0.2) is 0 Å². The van der Waals surface area contributed by atoms with Crippen LogP contribution in [0.4, 0.5) is 5.95 Å². The van der Waals surface area contributed by atoms with Crippen molar-refractivity contribution in [2.24, 2.45) is 0 Å². The van der Waals surface area contributed by atoms with Gasteiger partial charge in [-0.2, -0.15) is 24.7 Å². The topological polar surface area (TPSA) is 94.6 Å². The van der Waals surface area contributed by atoms with Crippen LogP contribution in [0.1, 0.15) is 5.56 Å². The van der Waals surface area contributed by atoms with Crippen LogP contribution in [0.3, 0.4) is 0 Å². The van der Waals surface area contributed by atoms with Gasteiger partial charge in [-0.05, 0) is 17.7 Å². The minimum atomic E-state index is 0.0789. The van der Waals surface area contributed by atoms with E-state index in [2.05, 4.69) is 30.4 Å². The lowest BCUT2D eigenvalue weighted by atomic mass is 10.3. The molecule has 96 valence electrons. The molecule has 8 nitrogen and oxygen atoms in total. The monoisotopic (exact) mass is 277 g/mol. The molecule has 3 rings (SSSR count). The van der Waals surface area contributed by atoms with E-state index in [-0.39, 0.29) is 5.28 Å². The van der Waals surface area contributed by atoms with Crippen molar-refractivity contribution in [1.82, 2.24) is 29.7 Å². The highest BCUT2D eigenvalue weighted by Crippen LogP contribution is 2.10. The van der Waals surface area contributed by atoms with Crippen LogP contribution < -0.4 is 5.32 Å². The van der Waals surface area contributed by atoms with E-state index >= 15 is 0 Å². The van der Waals surface area contributed by atoms with Crippen LogP contribution in [0.25, 0.3) is 5.95 Å². The highest BCUT2D eigenvalue weighted by Gasteiger charge is 2.07. The molecular weight excluding hydrogens is 270 g/mol. The van der Waals surface area contributed by atoms with Crippen LogP contribution in [-0.2, 0) is 6.54 Å². The molecule has 0 bridgehead atoms. The molecule has 0 radical (unpaired) electrons. The summed E-state index contributed by atoms with van der Waals surface area (Å²) < 4.78 is 6.37. The molecule has 1 N–H and O–H groups in total. The Morgan fingerprint density at radius 3 is 3.00 bits per heavy atom. The van der Waals surface area contributed by atoms with Gasteiger partial charge in [0.1, 0.15) is 12.7 Å². The molecule has 0 atom stereocenters. The number of nitrogens with zero attached hydrogens (tertiary/aromatic N) is 6. The Labute approximate surface area is 112 Å². The van der Waals surface area contributed by atoms with Gasteiger partial charge in [-0.25, -0.2) is 4.98 Å². The molecule has 3 heterocycles. The third-order valence-electron chi connectivity index (χ3n) is 2.25. The van der Waals surface area contributed by atoms with Crippen molar-refractivity contribution in [2.75, 3.05) is 5.32 Å². The first-order chi connectivity index (χ1) is 9.31. The second-order valence-corrected chi connectivity index (χ2v) is 3.89. The van der Waals surface area contributed by atoms with Gasteiger partial charge < -0.3 is 9.73 Å². The van der Waals surface area contributed by atoms with E-state index in [1.54, 1.807) is 12.5 Å². The predicted molar refractivity (Wildman–Crippen MR) is 65.8 cm³/mol. The number of hydrogen-bond donors (Lipinski definition) is 1. The van der Waals surface area contributed by atoms with E-state index in [0.29, 0.717) is 18.4 Å². The van der Waals surface area contributed by atoms with Gasteiger partial charge in [0.05, 0.1) is 12.5 Å². The molecular formula is C10H8ClN7O. The number of furan rings is 1. The van der Waals surface area contributed by atoms with Crippen molar-refractivity contribution in [3.63, 3.8) is 0 Å². The maximum atomic E-state index is 5.85. The molecule has 0 aliphatic rings. The number of hydrogen-bond acceptors (Lipinski definition) is 7. The lowest BCUT2D eigenvalue weighted by Crippen LogP contribution is -2.09. The first kappa shape index (κ1) is 11.6. The van der Waals surface area contributed by atoms with Crippen LogP contribution in [0.5, 0.6) is 0 Å². The van der Waals surface area contributed by atoms with Crippen molar-refractivity contribution in [3.8, 4) is 5.95 Å². The van der Waals surface area contributed by atoms with E-state index < -0.39 is 0 Å². The molecule has 0 fully saturated rings. The maximum absolute atomic E-state index is 5.85. The molecule has 9 heteroatoms. The largest absolute Gasteiger partial charge is 0.472 e. The van der Waals surface area contributed by atoms with Crippen LogP contribution in [-0.4, -0.2) is 29.7 Å². The van der Waals surface area contributed by atoms with Gasteiger partial charge >= 0.3 is 0 Å². The standard InChI is InChI=1S/C10H8ClN7O/c11-8-15-9(13-3-7-1-2-19-4-7)17-10(16-8)18-6-12-5-14-18/h1-2,4-6H,3H2,(H,13,15,16,17). The molecule has 0 aliphatic heterocycles. The Hall–Kier alpha value is -2.48. The summed E-state index contributed by atoms with van der Waals surface area (Å²) in [5.41, 5.74) is 0.971. The van der Waals surface area contributed by atoms with Crippen molar-refractivity contribution in [1.29, 1.82) is 0 Å². The zero-order valence-electron chi connectivity index (χ0n) is 9.56. The van der Waals surface area contributed by atoms with Crippen LogP contribution in [0.15, 0.2) is 35.7 Å². The van der Waals surface area contributed by atoms with E-state index in [9.17, 15) is 0 Å². The number of nitrogens with one attached hydrogen (secondary N) is 1. The van der Waals surface area contributed by atoms with Crippen LogP contribution >= 0.6 is 11.6 Å². The fraction of sp³-hybridized carbons (Fsp3) is 0.100. The lowest BCUT2D eigenvalue weighted by Gasteiger charge is -2.05. The van der Waals surface area contributed by atoms with E-state index in [1.165, 1.54) is 17.3 Å². The molecule has 0 unspecified atom stereocenters. The van der Waals surface area contributed by atoms with Crippen molar-refractivity contribution in [2.45, 2.75) is 6.54 Å². The second kappa shape index (κ2) is 5.02. The molecule has 0 saturated heterocycles. The molecule has 0 spiro atoms. The number of aromatic nitrogens is 6. The zero-order chi connectivity index (χ0) is 13.1. The number of anilines is 1. The summed E-state index contributed by atoms with van der Waals surface area (Å²) in [5.74, 6) is 0.652. The van der Waals surface area contributed by atoms with E-state index in [4.69, 9.17) is 16.0 Å². The quantitative estimate of drug-likeness (QED) is 0.768. The summed E-state index contributed by atoms with van der Waals surface area (Å²) in [4.78, 5) is 16.0. The average Bonchev–Trinajstić information content (AvgIpc) is 3.09. The Morgan fingerprint density at radius 1 is 1.32 bits per heavy atom. The normalized spacial score (nSPS) is 10.6. The highest BCUT2D eigenvalue weighted by atomic mass is 35.5. The Kier molecular flexibility index (Phi) is 3.07. The first-order valence-electron chi connectivity index (χ1n) is 5.33. The van der Waals surface area contributed by atoms with Gasteiger partial charge in [0, 0.05) is 12.1 Å². The Morgan fingerprint density at radius 2 is 2.26 bits per heavy atom. The van der Waals surface area contributed by atoms with Gasteiger partial charge in [-0.1, -0.05) is 0 Å². The van der Waals surface area contributed by atoms with Crippen LogP contribution in [0.2, 0.25) is 5.28 Å². The summed E-state index contributed by atoms with van der Waals surface area (Å²) >= 11 is 5.85. The molecule has 19 heavy (non-hydrogen) atoms. The molecule has 3 aromatic rings. The molecule has 0 amide bonds. The predicted octanol–water partition coefficient (Wildman–Crippen LogP) is 1.31. The molecule has 0 aromatic carbocycles. The van der Waals surface area contributed by atoms with E-state index in [0.717, 1.165) is 5.56 Å². The van der Waals surface area contributed by atoms with Gasteiger partial charge in [0.2, 0.25) is 11.2 Å². The smallest absolute Gasteiger partial charge is 0.258 e. The SMILES string of the molecule is Clc1nc(NCc2ccoc2)nc(-n2cncn2)n1. The summed E-state index contributed by atoms with van der Waals surface area (Å²) in [7, 11) is 0. The maximum Gasteiger partial charge on any atom is 0.258 e. The summed E-state index contributed by atoms with van der Waals surface area (Å²) in [6, 6.07) is 1.84. The minimum absolute atomic E-state index is 0.0789. The van der Waals surface area contributed by atoms with Crippen molar-refractivity contribution in [3.05, 3.63) is 42.1 Å². The molecule has 0 aliphatic carbocycles. The number of rotatable bonds is 4. The fourth-order valence-corrected chi connectivity index (χ4v) is 1.56. The van der Waals surface area contributed by atoms with E-state index in [1.807, 2.05) is 6.07 Å². The third-order valence-corrected chi connectivity index (χ3v) is 2.42. The fourth-order valence-electron chi connectivity index (χ4n) is 1.41.